The number of nitriles is 1. The fraction of sp³-hybridized carbons (Fsp3) is 0.667. The van der Waals surface area contributed by atoms with Gasteiger partial charge in [-0.3, -0.25) is 10.1 Å². The summed E-state index contributed by atoms with van der Waals surface area (Å²) in [4.78, 5) is 10.8. The highest BCUT2D eigenvalue weighted by Gasteiger charge is 2.09. The smallest absolute Gasteiger partial charge is 0.237 e. The van der Waals surface area contributed by atoms with E-state index in [4.69, 9.17) is 5.26 Å². The predicted molar refractivity (Wildman–Crippen MR) is 36.8 cm³/mol. The van der Waals surface area contributed by atoms with Crippen molar-refractivity contribution in [2.24, 2.45) is 5.92 Å². The van der Waals surface area contributed by atoms with Crippen molar-refractivity contribution >= 4 is 5.91 Å². The second kappa shape index (κ2) is 4.77. The molecule has 0 aliphatic heterocycles. The Kier molecular flexibility index (Phi) is 4.25. The first kappa shape index (κ1) is 8.92. The molecule has 56 valence electrons. The van der Waals surface area contributed by atoms with E-state index in [1.54, 1.807) is 20.2 Å². The van der Waals surface area contributed by atoms with Crippen LogP contribution in [-0.4, -0.2) is 19.5 Å². The molecule has 0 aromatic carbocycles. The molecule has 10 heavy (non-hydrogen) atoms. The van der Waals surface area contributed by atoms with Crippen LogP contribution in [0.5, 0.6) is 0 Å². The first-order chi connectivity index (χ1) is 4.72. The van der Waals surface area contributed by atoms with E-state index in [2.05, 4.69) is 10.6 Å². The van der Waals surface area contributed by atoms with Crippen molar-refractivity contribution in [1.82, 2.24) is 10.6 Å². The molecule has 0 aliphatic rings. The summed E-state index contributed by atoms with van der Waals surface area (Å²) in [5.41, 5.74) is 0. The van der Waals surface area contributed by atoms with Gasteiger partial charge in [-0.1, -0.05) is 6.92 Å². The van der Waals surface area contributed by atoms with Gasteiger partial charge in [-0.25, -0.2) is 0 Å². The van der Waals surface area contributed by atoms with Crippen molar-refractivity contribution in [3.63, 3.8) is 0 Å². The van der Waals surface area contributed by atoms with Gasteiger partial charge in [0, 0.05) is 12.5 Å². The van der Waals surface area contributed by atoms with Crippen molar-refractivity contribution in [1.29, 1.82) is 5.26 Å². The molecule has 1 atom stereocenters. The van der Waals surface area contributed by atoms with Crippen LogP contribution in [0.1, 0.15) is 6.92 Å². The standard InChI is InChI=1S/C6H11N3O/c1-5(3-8-2)6(10)9-4-7/h5,8H,3H2,1-2H3,(H,9,10). The summed E-state index contributed by atoms with van der Waals surface area (Å²) in [6, 6.07) is 0. The van der Waals surface area contributed by atoms with Gasteiger partial charge in [-0.15, -0.1) is 0 Å². The Labute approximate surface area is 60.2 Å². The summed E-state index contributed by atoms with van der Waals surface area (Å²) in [5, 5.41) is 12.9. The number of nitrogens with one attached hydrogen (secondary N) is 2. The van der Waals surface area contributed by atoms with Gasteiger partial charge >= 0.3 is 0 Å². The van der Waals surface area contributed by atoms with Gasteiger partial charge in [0.15, 0.2) is 6.19 Å². The van der Waals surface area contributed by atoms with Crippen LogP contribution < -0.4 is 10.6 Å². The predicted octanol–water partition coefficient (Wildman–Crippen LogP) is -0.561. The summed E-state index contributed by atoms with van der Waals surface area (Å²) in [6.45, 7) is 2.34. The minimum absolute atomic E-state index is 0.148. The Hall–Kier alpha value is -1.08. The largest absolute Gasteiger partial charge is 0.319 e. The molecule has 1 unspecified atom stereocenters. The Bertz CT molecular complexity index is 150. The maximum atomic E-state index is 10.8. The van der Waals surface area contributed by atoms with Crippen LogP contribution in [0.25, 0.3) is 0 Å². The molecule has 0 rings (SSSR count). The third-order valence-electron chi connectivity index (χ3n) is 1.14. The Morgan fingerprint density at radius 1 is 1.80 bits per heavy atom. The molecule has 0 aromatic rings. The second-order valence-electron chi connectivity index (χ2n) is 2.06. The van der Waals surface area contributed by atoms with Crippen molar-refractivity contribution in [3.8, 4) is 6.19 Å². The molecule has 0 spiro atoms. The quantitative estimate of drug-likeness (QED) is 0.409. The maximum Gasteiger partial charge on any atom is 0.237 e. The zero-order valence-electron chi connectivity index (χ0n) is 6.14. The van der Waals surface area contributed by atoms with Gasteiger partial charge in [-0.05, 0) is 7.05 Å². The average Bonchev–Trinajstić information content (AvgIpc) is 1.89. The molecular weight excluding hydrogens is 130 g/mol. The monoisotopic (exact) mass is 141 g/mol. The lowest BCUT2D eigenvalue weighted by atomic mass is 10.2. The number of rotatable bonds is 3. The summed E-state index contributed by atoms with van der Waals surface area (Å²) >= 11 is 0. The molecule has 1 amide bonds. The number of hydrogen-bond donors (Lipinski definition) is 2. The van der Waals surface area contributed by atoms with Gasteiger partial charge in [0.25, 0.3) is 0 Å². The zero-order chi connectivity index (χ0) is 7.98. The van der Waals surface area contributed by atoms with E-state index in [0.717, 1.165) is 0 Å². The van der Waals surface area contributed by atoms with E-state index in [1.807, 2.05) is 0 Å². The van der Waals surface area contributed by atoms with Gasteiger partial charge in [0.1, 0.15) is 0 Å². The topological polar surface area (TPSA) is 64.9 Å². The summed E-state index contributed by atoms with van der Waals surface area (Å²) in [7, 11) is 1.76. The molecule has 4 nitrogen and oxygen atoms in total. The van der Waals surface area contributed by atoms with Crippen LogP contribution in [-0.2, 0) is 4.79 Å². The van der Waals surface area contributed by atoms with E-state index in [-0.39, 0.29) is 11.8 Å². The van der Waals surface area contributed by atoms with E-state index in [0.29, 0.717) is 6.54 Å². The molecule has 0 radical (unpaired) electrons. The third-order valence-corrected chi connectivity index (χ3v) is 1.14. The molecule has 0 saturated heterocycles. The zero-order valence-corrected chi connectivity index (χ0v) is 6.14. The molecule has 2 N–H and O–H groups in total. The van der Waals surface area contributed by atoms with Crippen molar-refractivity contribution in [3.05, 3.63) is 0 Å². The van der Waals surface area contributed by atoms with E-state index in [9.17, 15) is 4.79 Å². The summed E-state index contributed by atoms with van der Waals surface area (Å²) < 4.78 is 0. The van der Waals surface area contributed by atoms with Crippen LogP contribution in [0.3, 0.4) is 0 Å². The Balaban J connectivity index is 3.62. The van der Waals surface area contributed by atoms with Crippen molar-refractivity contribution in [2.45, 2.75) is 6.92 Å². The van der Waals surface area contributed by atoms with Crippen LogP contribution in [0.2, 0.25) is 0 Å². The van der Waals surface area contributed by atoms with Gasteiger partial charge in [0.05, 0.1) is 0 Å². The molecular formula is C6H11N3O. The van der Waals surface area contributed by atoms with Gasteiger partial charge < -0.3 is 5.32 Å². The van der Waals surface area contributed by atoms with Crippen LogP contribution in [0, 0.1) is 17.4 Å². The van der Waals surface area contributed by atoms with Crippen molar-refractivity contribution < 1.29 is 4.79 Å². The molecule has 0 aromatic heterocycles. The molecule has 0 fully saturated rings. The molecule has 0 aliphatic carbocycles. The van der Waals surface area contributed by atoms with Gasteiger partial charge in [-0.2, -0.15) is 5.26 Å². The van der Waals surface area contributed by atoms with Crippen molar-refractivity contribution in [2.75, 3.05) is 13.6 Å². The molecule has 0 heterocycles. The van der Waals surface area contributed by atoms with Crippen LogP contribution in [0.15, 0.2) is 0 Å². The third kappa shape index (κ3) is 3.05. The average molecular weight is 141 g/mol. The number of hydrogen-bond acceptors (Lipinski definition) is 3. The van der Waals surface area contributed by atoms with Crippen LogP contribution in [0.4, 0.5) is 0 Å². The number of nitrogens with zero attached hydrogens (tertiary/aromatic N) is 1. The number of carbonyl (C=O) groups is 1. The first-order valence-corrected chi connectivity index (χ1v) is 3.06. The van der Waals surface area contributed by atoms with E-state index >= 15 is 0 Å². The highest BCUT2D eigenvalue weighted by Crippen LogP contribution is 1.89. The fourth-order valence-electron chi connectivity index (χ4n) is 0.577. The van der Waals surface area contributed by atoms with Gasteiger partial charge in [0.2, 0.25) is 5.91 Å². The molecule has 0 saturated carbocycles. The maximum absolute atomic E-state index is 10.8. The SMILES string of the molecule is CNCC(C)C(=O)NC#N. The van der Waals surface area contributed by atoms with E-state index in [1.165, 1.54) is 0 Å². The summed E-state index contributed by atoms with van der Waals surface area (Å²) in [6.07, 6.45) is 1.58. The fourth-order valence-corrected chi connectivity index (χ4v) is 0.577. The Morgan fingerprint density at radius 3 is 2.80 bits per heavy atom. The summed E-state index contributed by atoms with van der Waals surface area (Å²) in [5.74, 6) is -0.387. The normalized spacial score (nSPS) is 11.7. The lowest BCUT2D eigenvalue weighted by molar-refractivity contribution is -0.123. The number of amides is 1. The van der Waals surface area contributed by atoms with E-state index < -0.39 is 0 Å². The van der Waals surface area contributed by atoms with Crippen LogP contribution >= 0.6 is 0 Å². The lowest BCUT2D eigenvalue weighted by Gasteiger charge is -2.05. The lowest BCUT2D eigenvalue weighted by Crippen LogP contribution is -2.31. The highest BCUT2D eigenvalue weighted by atomic mass is 16.1. The minimum atomic E-state index is -0.239. The number of carbonyl (C=O) groups excluding carboxylic acids is 1. The second-order valence-corrected chi connectivity index (χ2v) is 2.06. The Morgan fingerprint density at radius 2 is 2.40 bits per heavy atom. The molecule has 0 bridgehead atoms. The highest BCUT2D eigenvalue weighted by molar-refractivity contribution is 5.79. The molecule has 4 heteroatoms. The minimum Gasteiger partial charge on any atom is -0.319 e. The first-order valence-electron chi connectivity index (χ1n) is 3.06.